The number of imidazole rings is 1. The normalized spacial score (nSPS) is 17.4. The van der Waals surface area contributed by atoms with Crippen LogP contribution in [0.4, 0.5) is 17.3 Å². The standard InChI is InChI=1S/C23H27N5O5/c1-26-18-14-19(27-9-11-32-12-10-27)17(25-23(29)20-7-8-21(33-20)28(30)31)13-16(18)24-22(26)15-5-3-2-4-6-15/h7-8,13-15H,2-6,9-12H2,1H3,(H,25,29). The molecule has 0 atom stereocenters. The van der Waals surface area contributed by atoms with Crippen molar-refractivity contribution in [2.24, 2.45) is 7.05 Å². The minimum atomic E-state index is -0.664. The molecule has 0 bridgehead atoms. The number of nitro groups is 1. The van der Waals surface area contributed by atoms with E-state index in [1.54, 1.807) is 0 Å². The Bertz CT molecular complexity index is 1190. The molecule has 2 fully saturated rings. The molecule has 3 aromatic rings. The number of hydrogen-bond donors (Lipinski definition) is 1. The average molecular weight is 453 g/mol. The summed E-state index contributed by atoms with van der Waals surface area (Å²) in [5.41, 5.74) is 3.31. The Morgan fingerprint density at radius 3 is 2.64 bits per heavy atom. The van der Waals surface area contributed by atoms with Gasteiger partial charge in [-0.25, -0.2) is 4.98 Å². The van der Waals surface area contributed by atoms with Crippen molar-refractivity contribution < 1.29 is 18.9 Å². The predicted molar refractivity (Wildman–Crippen MR) is 123 cm³/mol. The van der Waals surface area contributed by atoms with Gasteiger partial charge in [0.1, 0.15) is 10.7 Å². The van der Waals surface area contributed by atoms with Crippen LogP contribution in [-0.4, -0.2) is 46.7 Å². The molecule has 174 valence electrons. The second kappa shape index (κ2) is 8.86. The van der Waals surface area contributed by atoms with Gasteiger partial charge in [0, 0.05) is 26.1 Å². The number of amides is 1. The molecule has 10 nitrogen and oxygen atoms in total. The number of carbonyl (C=O) groups excluding carboxylic acids is 1. The van der Waals surface area contributed by atoms with Gasteiger partial charge in [0.05, 0.1) is 41.7 Å². The summed E-state index contributed by atoms with van der Waals surface area (Å²) in [6.45, 7) is 2.62. The van der Waals surface area contributed by atoms with Crippen molar-refractivity contribution in [2.75, 3.05) is 36.5 Å². The van der Waals surface area contributed by atoms with E-state index >= 15 is 0 Å². The molecule has 5 rings (SSSR count). The van der Waals surface area contributed by atoms with Gasteiger partial charge in [-0.05, 0) is 31.0 Å². The third-order valence-corrected chi connectivity index (χ3v) is 6.60. The molecular formula is C23H27N5O5. The molecule has 1 saturated carbocycles. The van der Waals surface area contributed by atoms with Crippen LogP contribution in [0.5, 0.6) is 0 Å². The highest BCUT2D eigenvalue weighted by molar-refractivity contribution is 6.06. The number of morpholine rings is 1. The first-order valence-electron chi connectivity index (χ1n) is 11.4. The number of ether oxygens (including phenoxy) is 1. The number of carbonyl (C=O) groups is 1. The first-order chi connectivity index (χ1) is 16.0. The van der Waals surface area contributed by atoms with E-state index in [1.807, 2.05) is 6.07 Å². The number of aromatic nitrogens is 2. The highest BCUT2D eigenvalue weighted by Crippen LogP contribution is 2.37. The first kappa shape index (κ1) is 21.4. The van der Waals surface area contributed by atoms with Gasteiger partial charge >= 0.3 is 5.88 Å². The van der Waals surface area contributed by atoms with E-state index in [-0.39, 0.29) is 5.76 Å². The highest BCUT2D eigenvalue weighted by Gasteiger charge is 2.25. The average Bonchev–Trinajstić information content (AvgIpc) is 3.45. The molecule has 1 saturated heterocycles. The molecule has 0 spiro atoms. The van der Waals surface area contributed by atoms with Crippen molar-refractivity contribution in [3.8, 4) is 0 Å². The lowest BCUT2D eigenvalue weighted by atomic mass is 9.89. The lowest BCUT2D eigenvalue weighted by Crippen LogP contribution is -2.36. The number of anilines is 2. The van der Waals surface area contributed by atoms with E-state index in [9.17, 15) is 14.9 Å². The van der Waals surface area contributed by atoms with E-state index in [2.05, 4.69) is 27.9 Å². The van der Waals surface area contributed by atoms with E-state index < -0.39 is 16.7 Å². The second-order valence-corrected chi connectivity index (χ2v) is 8.67. The van der Waals surface area contributed by atoms with Gasteiger partial charge in [0.2, 0.25) is 0 Å². The Balaban J connectivity index is 1.53. The zero-order chi connectivity index (χ0) is 22.9. The number of fused-ring (bicyclic) bond motifs is 1. The molecule has 2 aromatic heterocycles. The number of nitrogens with one attached hydrogen (secondary N) is 1. The van der Waals surface area contributed by atoms with Crippen molar-refractivity contribution in [3.05, 3.63) is 46.0 Å². The third-order valence-electron chi connectivity index (χ3n) is 6.60. The minimum absolute atomic E-state index is 0.112. The maximum Gasteiger partial charge on any atom is 0.433 e. The quantitative estimate of drug-likeness (QED) is 0.454. The number of aryl methyl sites for hydroxylation is 1. The van der Waals surface area contributed by atoms with Crippen LogP contribution in [0.15, 0.2) is 28.7 Å². The SMILES string of the molecule is Cn1c(C2CCCCC2)nc2cc(NC(=O)c3ccc([N+](=O)[O-])o3)c(N3CCOCC3)cc21. The molecule has 1 aliphatic carbocycles. The van der Waals surface area contributed by atoms with Crippen LogP contribution in [0.3, 0.4) is 0 Å². The Morgan fingerprint density at radius 2 is 1.94 bits per heavy atom. The fourth-order valence-electron chi connectivity index (χ4n) is 4.87. The number of nitrogens with zero attached hydrogens (tertiary/aromatic N) is 4. The smallest absolute Gasteiger partial charge is 0.395 e. The molecular weight excluding hydrogens is 426 g/mol. The topological polar surface area (TPSA) is 116 Å². The van der Waals surface area contributed by atoms with Gasteiger partial charge in [-0.15, -0.1) is 0 Å². The number of furan rings is 1. The molecule has 10 heteroatoms. The zero-order valence-corrected chi connectivity index (χ0v) is 18.6. The second-order valence-electron chi connectivity index (χ2n) is 8.67. The van der Waals surface area contributed by atoms with Gasteiger partial charge in [0.25, 0.3) is 5.91 Å². The number of hydrogen-bond acceptors (Lipinski definition) is 7. The lowest BCUT2D eigenvalue weighted by molar-refractivity contribution is -0.402. The highest BCUT2D eigenvalue weighted by atomic mass is 16.6. The molecule has 3 heterocycles. The summed E-state index contributed by atoms with van der Waals surface area (Å²) >= 11 is 0. The van der Waals surface area contributed by atoms with Crippen molar-refractivity contribution in [2.45, 2.75) is 38.0 Å². The van der Waals surface area contributed by atoms with Crippen LogP contribution in [0.1, 0.15) is 54.4 Å². The summed E-state index contributed by atoms with van der Waals surface area (Å²) in [5.74, 6) is 0.414. The van der Waals surface area contributed by atoms with E-state index in [0.29, 0.717) is 37.9 Å². The maximum absolute atomic E-state index is 12.8. The van der Waals surface area contributed by atoms with Crippen LogP contribution >= 0.6 is 0 Å². The molecule has 1 amide bonds. The van der Waals surface area contributed by atoms with Crippen LogP contribution in [-0.2, 0) is 11.8 Å². The zero-order valence-electron chi connectivity index (χ0n) is 18.6. The molecule has 2 aliphatic rings. The fourth-order valence-corrected chi connectivity index (χ4v) is 4.87. The fraction of sp³-hybridized carbons (Fsp3) is 0.478. The van der Waals surface area contributed by atoms with E-state index in [1.165, 1.54) is 31.4 Å². The Kier molecular flexibility index (Phi) is 5.76. The number of rotatable bonds is 5. The monoisotopic (exact) mass is 453 g/mol. The predicted octanol–water partition coefficient (Wildman–Crippen LogP) is 4.21. The van der Waals surface area contributed by atoms with Crippen molar-refractivity contribution in [3.63, 3.8) is 0 Å². The summed E-state index contributed by atoms with van der Waals surface area (Å²) in [4.78, 5) is 30.2. The first-order valence-corrected chi connectivity index (χ1v) is 11.4. The summed E-state index contributed by atoms with van der Waals surface area (Å²) in [7, 11) is 2.06. The molecule has 1 aromatic carbocycles. The van der Waals surface area contributed by atoms with Gasteiger partial charge in [-0.3, -0.25) is 14.9 Å². The Hall–Kier alpha value is -3.40. The maximum atomic E-state index is 12.8. The molecule has 33 heavy (non-hydrogen) atoms. The van der Waals surface area contributed by atoms with Gasteiger partial charge in [-0.2, -0.15) is 0 Å². The van der Waals surface area contributed by atoms with Crippen LogP contribution in [0.2, 0.25) is 0 Å². The van der Waals surface area contributed by atoms with Crippen LogP contribution in [0.25, 0.3) is 11.0 Å². The summed E-state index contributed by atoms with van der Waals surface area (Å²) in [6, 6.07) is 6.44. The molecule has 1 aliphatic heterocycles. The van der Waals surface area contributed by atoms with E-state index in [0.717, 1.165) is 35.4 Å². The Labute approximate surface area is 190 Å². The third kappa shape index (κ3) is 4.18. The Morgan fingerprint density at radius 1 is 1.18 bits per heavy atom. The summed E-state index contributed by atoms with van der Waals surface area (Å²) < 4.78 is 12.8. The van der Waals surface area contributed by atoms with Gasteiger partial charge in [0.15, 0.2) is 5.76 Å². The molecule has 0 unspecified atom stereocenters. The van der Waals surface area contributed by atoms with Crippen molar-refractivity contribution >= 4 is 34.2 Å². The van der Waals surface area contributed by atoms with Crippen LogP contribution < -0.4 is 10.2 Å². The van der Waals surface area contributed by atoms with Gasteiger partial charge < -0.3 is 23.9 Å². The summed E-state index contributed by atoms with van der Waals surface area (Å²) in [6.07, 6.45) is 6.03. The lowest BCUT2D eigenvalue weighted by Gasteiger charge is -2.30. The number of benzene rings is 1. The minimum Gasteiger partial charge on any atom is -0.395 e. The molecule has 0 radical (unpaired) electrons. The largest absolute Gasteiger partial charge is 0.433 e. The van der Waals surface area contributed by atoms with Crippen LogP contribution in [0, 0.1) is 10.1 Å². The van der Waals surface area contributed by atoms with Crippen molar-refractivity contribution in [1.82, 2.24) is 9.55 Å². The van der Waals surface area contributed by atoms with Crippen molar-refractivity contribution in [1.29, 1.82) is 0 Å². The van der Waals surface area contributed by atoms with Gasteiger partial charge in [-0.1, -0.05) is 19.3 Å². The summed E-state index contributed by atoms with van der Waals surface area (Å²) in [5, 5.41) is 13.8. The molecule has 1 N–H and O–H groups in total. The van der Waals surface area contributed by atoms with E-state index in [4.69, 9.17) is 14.1 Å².